The van der Waals surface area contributed by atoms with Crippen LogP contribution in [0, 0.1) is 0 Å². The van der Waals surface area contributed by atoms with Crippen molar-refractivity contribution in [3.8, 4) is 0 Å². The first-order valence-electron chi connectivity index (χ1n) is 3.38. The first kappa shape index (κ1) is 8.27. The molecule has 2 nitrogen and oxygen atoms in total. The maximum Gasteiger partial charge on any atom is 0.162 e. The number of rotatable bonds is 2. The number of nitrogens with zero attached hydrogens (tertiary/aromatic N) is 1. The molecule has 0 aromatic carbocycles. The van der Waals surface area contributed by atoms with Gasteiger partial charge in [-0.05, 0) is 18.4 Å². The molecule has 0 amide bonds. The highest BCUT2D eigenvalue weighted by atomic mass is 32.1. The fourth-order valence-electron chi connectivity index (χ4n) is 0.916. The van der Waals surface area contributed by atoms with Crippen molar-refractivity contribution < 1.29 is 4.79 Å². The standard InChI is InChI=1S/C8H11NOS/c1-6(10)7-4-5-11-8(7)9(2)3/h4-5H,1-3H3. The molecule has 1 aromatic heterocycles. The minimum Gasteiger partial charge on any atom is -0.369 e. The highest BCUT2D eigenvalue weighted by Crippen LogP contribution is 2.25. The molecule has 1 heterocycles. The molecule has 1 rings (SSSR count). The molecule has 0 radical (unpaired) electrons. The minimum atomic E-state index is 0.134. The summed E-state index contributed by atoms with van der Waals surface area (Å²) in [5.41, 5.74) is 0.819. The highest BCUT2D eigenvalue weighted by molar-refractivity contribution is 7.14. The summed E-state index contributed by atoms with van der Waals surface area (Å²) >= 11 is 1.59. The van der Waals surface area contributed by atoms with Gasteiger partial charge in [0.1, 0.15) is 5.00 Å². The van der Waals surface area contributed by atoms with Gasteiger partial charge in [-0.15, -0.1) is 11.3 Å². The van der Waals surface area contributed by atoms with E-state index in [-0.39, 0.29) is 5.78 Å². The number of hydrogen-bond donors (Lipinski definition) is 0. The Hall–Kier alpha value is -0.830. The van der Waals surface area contributed by atoms with Crippen LogP contribution in [0.1, 0.15) is 17.3 Å². The smallest absolute Gasteiger partial charge is 0.162 e. The second kappa shape index (κ2) is 3.05. The van der Waals surface area contributed by atoms with Gasteiger partial charge in [0.2, 0.25) is 0 Å². The van der Waals surface area contributed by atoms with Gasteiger partial charge >= 0.3 is 0 Å². The average molecular weight is 169 g/mol. The topological polar surface area (TPSA) is 20.3 Å². The zero-order chi connectivity index (χ0) is 8.43. The molecular weight excluding hydrogens is 158 g/mol. The molecule has 0 aliphatic carbocycles. The van der Waals surface area contributed by atoms with E-state index in [9.17, 15) is 4.79 Å². The molecule has 60 valence electrons. The molecule has 0 aliphatic rings. The number of carbonyl (C=O) groups excluding carboxylic acids is 1. The summed E-state index contributed by atoms with van der Waals surface area (Å²) in [7, 11) is 3.89. The van der Waals surface area contributed by atoms with Gasteiger partial charge in [-0.3, -0.25) is 4.79 Å². The quantitative estimate of drug-likeness (QED) is 0.631. The summed E-state index contributed by atoms with van der Waals surface area (Å²) in [4.78, 5) is 13.0. The van der Waals surface area contributed by atoms with Gasteiger partial charge in [-0.25, -0.2) is 0 Å². The van der Waals surface area contributed by atoms with Crippen molar-refractivity contribution in [3.05, 3.63) is 17.0 Å². The predicted octanol–water partition coefficient (Wildman–Crippen LogP) is 2.02. The van der Waals surface area contributed by atoms with Crippen molar-refractivity contribution in [2.24, 2.45) is 0 Å². The fourth-order valence-corrected chi connectivity index (χ4v) is 1.80. The van der Waals surface area contributed by atoms with Crippen molar-refractivity contribution in [2.75, 3.05) is 19.0 Å². The third-order valence-corrected chi connectivity index (χ3v) is 2.51. The summed E-state index contributed by atoms with van der Waals surface area (Å²) in [5.74, 6) is 0.134. The second-order valence-electron chi connectivity index (χ2n) is 2.59. The molecule has 1 aromatic rings. The van der Waals surface area contributed by atoms with E-state index in [0.29, 0.717) is 0 Å². The van der Waals surface area contributed by atoms with Crippen LogP contribution in [0.25, 0.3) is 0 Å². The third-order valence-electron chi connectivity index (χ3n) is 1.43. The summed E-state index contributed by atoms with van der Waals surface area (Å²) in [5, 5.41) is 2.98. The minimum absolute atomic E-state index is 0.134. The monoisotopic (exact) mass is 169 g/mol. The Morgan fingerprint density at radius 3 is 2.55 bits per heavy atom. The number of carbonyl (C=O) groups is 1. The van der Waals surface area contributed by atoms with Gasteiger partial charge in [0, 0.05) is 14.1 Å². The van der Waals surface area contributed by atoms with E-state index in [2.05, 4.69) is 0 Å². The largest absolute Gasteiger partial charge is 0.369 e. The zero-order valence-corrected chi connectivity index (χ0v) is 7.73. The number of thiophene rings is 1. The Morgan fingerprint density at radius 2 is 2.18 bits per heavy atom. The molecule has 0 bridgehead atoms. The van der Waals surface area contributed by atoms with Crippen LogP contribution in [0.5, 0.6) is 0 Å². The lowest BCUT2D eigenvalue weighted by Gasteiger charge is -2.10. The molecule has 0 fully saturated rings. The lowest BCUT2D eigenvalue weighted by molar-refractivity contribution is 0.101. The lowest BCUT2D eigenvalue weighted by atomic mass is 10.2. The van der Waals surface area contributed by atoms with E-state index in [1.807, 2.05) is 30.4 Å². The van der Waals surface area contributed by atoms with E-state index < -0.39 is 0 Å². The Balaban J connectivity index is 3.06. The number of hydrogen-bond acceptors (Lipinski definition) is 3. The molecule has 0 aliphatic heterocycles. The van der Waals surface area contributed by atoms with Crippen LogP contribution < -0.4 is 4.90 Å². The van der Waals surface area contributed by atoms with E-state index in [4.69, 9.17) is 0 Å². The summed E-state index contributed by atoms with van der Waals surface area (Å²) in [6, 6.07) is 1.86. The molecule has 0 N–H and O–H groups in total. The van der Waals surface area contributed by atoms with Crippen LogP contribution in [0.2, 0.25) is 0 Å². The van der Waals surface area contributed by atoms with Crippen LogP contribution in [-0.4, -0.2) is 19.9 Å². The van der Waals surface area contributed by atoms with E-state index in [1.165, 1.54) is 0 Å². The van der Waals surface area contributed by atoms with E-state index in [0.717, 1.165) is 10.6 Å². The molecule has 0 spiro atoms. The molecule has 0 saturated heterocycles. The van der Waals surface area contributed by atoms with Crippen LogP contribution in [-0.2, 0) is 0 Å². The van der Waals surface area contributed by atoms with Gasteiger partial charge < -0.3 is 4.90 Å². The average Bonchev–Trinajstić information content (AvgIpc) is 2.32. The Morgan fingerprint density at radius 1 is 1.55 bits per heavy atom. The SMILES string of the molecule is CC(=O)c1ccsc1N(C)C. The Labute approximate surface area is 70.5 Å². The molecular formula is C8H11NOS. The van der Waals surface area contributed by atoms with E-state index in [1.54, 1.807) is 18.3 Å². The van der Waals surface area contributed by atoms with Crippen molar-refractivity contribution >= 4 is 22.1 Å². The van der Waals surface area contributed by atoms with E-state index >= 15 is 0 Å². The maximum atomic E-state index is 11.0. The number of Topliss-reactive ketones (excluding diaryl/α,β-unsaturated/α-hetero) is 1. The molecule has 11 heavy (non-hydrogen) atoms. The van der Waals surface area contributed by atoms with Gasteiger partial charge in [-0.1, -0.05) is 0 Å². The third kappa shape index (κ3) is 1.60. The Bertz CT molecular complexity index is 265. The molecule has 0 saturated carbocycles. The molecule has 0 atom stereocenters. The second-order valence-corrected chi connectivity index (χ2v) is 3.48. The maximum absolute atomic E-state index is 11.0. The number of ketones is 1. The summed E-state index contributed by atoms with van der Waals surface area (Å²) in [6.07, 6.45) is 0. The highest BCUT2D eigenvalue weighted by Gasteiger charge is 2.08. The fraction of sp³-hybridized carbons (Fsp3) is 0.375. The van der Waals surface area contributed by atoms with Crippen LogP contribution in [0.4, 0.5) is 5.00 Å². The molecule has 0 unspecified atom stereocenters. The van der Waals surface area contributed by atoms with Crippen molar-refractivity contribution in [1.82, 2.24) is 0 Å². The molecule has 3 heteroatoms. The predicted molar refractivity (Wildman–Crippen MR) is 48.7 cm³/mol. The normalized spacial score (nSPS) is 9.73. The van der Waals surface area contributed by atoms with Crippen molar-refractivity contribution in [3.63, 3.8) is 0 Å². The summed E-state index contributed by atoms with van der Waals surface area (Å²) < 4.78 is 0. The van der Waals surface area contributed by atoms with Crippen molar-refractivity contribution in [2.45, 2.75) is 6.92 Å². The first-order valence-corrected chi connectivity index (χ1v) is 4.26. The van der Waals surface area contributed by atoms with Gasteiger partial charge in [-0.2, -0.15) is 0 Å². The zero-order valence-electron chi connectivity index (χ0n) is 6.92. The van der Waals surface area contributed by atoms with Crippen LogP contribution in [0.3, 0.4) is 0 Å². The van der Waals surface area contributed by atoms with Gasteiger partial charge in [0.25, 0.3) is 0 Å². The van der Waals surface area contributed by atoms with Crippen molar-refractivity contribution in [1.29, 1.82) is 0 Å². The van der Waals surface area contributed by atoms with Gasteiger partial charge in [0.05, 0.1) is 5.56 Å². The van der Waals surface area contributed by atoms with Crippen LogP contribution in [0.15, 0.2) is 11.4 Å². The van der Waals surface area contributed by atoms with Crippen LogP contribution >= 0.6 is 11.3 Å². The Kier molecular flexibility index (Phi) is 2.29. The van der Waals surface area contributed by atoms with Gasteiger partial charge in [0.15, 0.2) is 5.78 Å². The lowest BCUT2D eigenvalue weighted by Crippen LogP contribution is -2.09. The first-order chi connectivity index (χ1) is 5.13. The number of anilines is 1. The summed E-state index contributed by atoms with van der Waals surface area (Å²) in [6.45, 7) is 1.59.